The SMILES string of the molecule is Cc1cccc(C(=O)N2CCC(C)C2CO)c1[N+](=O)[O-]. The second-order valence-corrected chi connectivity index (χ2v) is 5.24. The van der Waals surface area contributed by atoms with Gasteiger partial charge in [0.15, 0.2) is 0 Å². The summed E-state index contributed by atoms with van der Waals surface area (Å²) in [6.07, 6.45) is 0.802. The van der Waals surface area contributed by atoms with Crippen LogP contribution < -0.4 is 0 Å². The number of nitrogens with zero attached hydrogens (tertiary/aromatic N) is 2. The van der Waals surface area contributed by atoms with Crippen molar-refractivity contribution < 1.29 is 14.8 Å². The van der Waals surface area contributed by atoms with Crippen molar-refractivity contribution in [1.29, 1.82) is 0 Å². The minimum absolute atomic E-state index is 0.0996. The lowest BCUT2D eigenvalue weighted by molar-refractivity contribution is -0.385. The fourth-order valence-electron chi connectivity index (χ4n) is 2.77. The van der Waals surface area contributed by atoms with Gasteiger partial charge in [-0.25, -0.2) is 0 Å². The summed E-state index contributed by atoms with van der Waals surface area (Å²) in [4.78, 5) is 24.7. The van der Waals surface area contributed by atoms with Gasteiger partial charge in [-0.15, -0.1) is 0 Å². The summed E-state index contributed by atoms with van der Waals surface area (Å²) in [5.41, 5.74) is 0.421. The summed E-state index contributed by atoms with van der Waals surface area (Å²) in [6.45, 7) is 3.99. The fraction of sp³-hybridized carbons (Fsp3) is 0.500. The maximum Gasteiger partial charge on any atom is 0.285 e. The number of amides is 1. The number of likely N-dealkylation sites (tertiary alicyclic amines) is 1. The highest BCUT2D eigenvalue weighted by Crippen LogP contribution is 2.29. The van der Waals surface area contributed by atoms with Crippen LogP contribution >= 0.6 is 0 Å². The maximum atomic E-state index is 12.5. The highest BCUT2D eigenvalue weighted by molar-refractivity contribution is 5.99. The smallest absolute Gasteiger partial charge is 0.285 e. The molecule has 0 spiro atoms. The first-order chi connectivity index (χ1) is 9.47. The largest absolute Gasteiger partial charge is 0.394 e. The second kappa shape index (κ2) is 5.58. The molecule has 1 fully saturated rings. The summed E-state index contributed by atoms with van der Waals surface area (Å²) in [7, 11) is 0. The van der Waals surface area contributed by atoms with Gasteiger partial charge in [-0.05, 0) is 25.3 Å². The van der Waals surface area contributed by atoms with Crippen molar-refractivity contribution in [2.24, 2.45) is 5.92 Å². The normalized spacial score (nSPS) is 22.1. The Balaban J connectivity index is 2.40. The number of hydrogen-bond acceptors (Lipinski definition) is 4. The Kier molecular flexibility index (Phi) is 4.04. The van der Waals surface area contributed by atoms with E-state index in [1.807, 2.05) is 6.92 Å². The van der Waals surface area contributed by atoms with Crippen LogP contribution in [0.15, 0.2) is 18.2 Å². The van der Waals surface area contributed by atoms with Gasteiger partial charge in [0.25, 0.3) is 11.6 Å². The number of nitro benzene ring substituents is 1. The van der Waals surface area contributed by atoms with Crippen LogP contribution in [0.5, 0.6) is 0 Å². The molecule has 6 heteroatoms. The lowest BCUT2D eigenvalue weighted by atomic mass is 10.0. The molecule has 0 bridgehead atoms. The third-order valence-corrected chi connectivity index (χ3v) is 3.98. The molecule has 1 aliphatic rings. The van der Waals surface area contributed by atoms with Gasteiger partial charge in [0.05, 0.1) is 17.6 Å². The minimum atomic E-state index is -0.518. The summed E-state index contributed by atoms with van der Waals surface area (Å²) in [6, 6.07) is 4.47. The summed E-state index contributed by atoms with van der Waals surface area (Å²) >= 11 is 0. The number of carbonyl (C=O) groups excluding carboxylic acids is 1. The van der Waals surface area contributed by atoms with Gasteiger partial charge < -0.3 is 10.0 Å². The maximum absolute atomic E-state index is 12.5. The highest BCUT2D eigenvalue weighted by Gasteiger charge is 2.36. The van der Waals surface area contributed by atoms with E-state index in [2.05, 4.69) is 0 Å². The zero-order valence-corrected chi connectivity index (χ0v) is 11.6. The van der Waals surface area contributed by atoms with E-state index in [1.165, 1.54) is 6.07 Å². The van der Waals surface area contributed by atoms with Crippen molar-refractivity contribution in [3.05, 3.63) is 39.4 Å². The number of aliphatic hydroxyl groups excluding tert-OH is 1. The molecule has 1 amide bonds. The Morgan fingerprint density at radius 2 is 2.25 bits per heavy atom. The Bertz CT molecular complexity index is 544. The molecule has 2 atom stereocenters. The Morgan fingerprint density at radius 3 is 2.85 bits per heavy atom. The average molecular weight is 278 g/mol. The van der Waals surface area contributed by atoms with E-state index < -0.39 is 4.92 Å². The van der Waals surface area contributed by atoms with E-state index in [0.29, 0.717) is 12.1 Å². The van der Waals surface area contributed by atoms with Crippen LogP contribution in [-0.4, -0.2) is 40.0 Å². The molecule has 1 heterocycles. The number of nitro groups is 1. The molecule has 1 aliphatic heterocycles. The molecule has 108 valence electrons. The summed E-state index contributed by atoms with van der Waals surface area (Å²) in [5, 5.41) is 20.6. The van der Waals surface area contributed by atoms with Crippen molar-refractivity contribution in [2.75, 3.05) is 13.2 Å². The molecule has 2 rings (SSSR count). The van der Waals surface area contributed by atoms with Gasteiger partial charge in [-0.2, -0.15) is 0 Å². The summed E-state index contributed by atoms with van der Waals surface area (Å²) < 4.78 is 0. The van der Waals surface area contributed by atoms with Gasteiger partial charge in [0.2, 0.25) is 0 Å². The number of para-hydroxylation sites is 1. The van der Waals surface area contributed by atoms with Crippen molar-refractivity contribution in [3.8, 4) is 0 Å². The van der Waals surface area contributed by atoms with Crippen LogP contribution in [-0.2, 0) is 0 Å². The molecule has 1 aromatic carbocycles. The van der Waals surface area contributed by atoms with Crippen LogP contribution in [0.25, 0.3) is 0 Å². The van der Waals surface area contributed by atoms with E-state index in [4.69, 9.17) is 0 Å². The zero-order chi connectivity index (χ0) is 14.9. The number of aliphatic hydroxyl groups is 1. The van der Waals surface area contributed by atoms with E-state index in [-0.39, 0.29) is 35.7 Å². The topological polar surface area (TPSA) is 83.7 Å². The minimum Gasteiger partial charge on any atom is -0.394 e. The Hall–Kier alpha value is -1.95. The van der Waals surface area contributed by atoms with Crippen LogP contribution in [0.2, 0.25) is 0 Å². The number of aryl methyl sites for hydroxylation is 1. The molecule has 0 aromatic heterocycles. The molecular weight excluding hydrogens is 260 g/mol. The van der Waals surface area contributed by atoms with Gasteiger partial charge in [-0.1, -0.05) is 19.1 Å². The highest BCUT2D eigenvalue weighted by atomic mass is 16.6. The van der Waals surface area contributed by atoms with Gasteiger partial charge >= 0.3 is 0 Å². The van der Waals surface area contributed by atoms with E-state index >= 15 is 0 Å². The monoisotopic (exact) mass is 278 g/mol. The predicted octanol–water partition coefficient (Wildman–Crippen LogP) is 1.75. The average Bonchev–Trinajstić information content (AvgIpc) is 2.78. The number of carbonyl (C=O) groups is 1. The molecule has 6 nitrogen and oxygen atoms in total. The van der Waals surface area contributed by atoms with E-state index in [9.17, 15) is 20.0 Å². The van der Waals surface area contributed by atoms with E-state index in [0.717, 1.165) is 6.42 Å². The molecule has 1 aromatic rings. The van der Waals surface area contributed by atoms with Crippen LogP contribution in [0.3, 0.4) is 0 Å². The molecular formula is C14H18N2O4. The molecule has 0 saturated carbocycles. The molecule has 0 aliphatic carbocycles. The first-order valence-corrected chi connectivity index (χ1v) is 6.63. The second-order valence-electron chi connectivity index (χ2n) is 5.24. The molecule has 1 saturated heterocycles. The molecule has 2 unspecified atom stereocenters. The van der Waals surface area contributed by atoms with Crippen molar-refractivity contribution in [3.63, 3.8) is 0 Å². The number of benzene rings is 1. The Morgan fingerprint density at radius 1 is 1.55 bits per heavy atom. The van der Waals surface area contributed by atoms with E-state index in [1.54, 1.807) is 24.0 Å². The third kappa shape index (κ3) is 2.38. The van der Waals surface area contributed by atoms with Gasteiger partial charge in [0, 0.05) is 12.1 Å². The number of rotatable bonds is 3. The first-order valence-electron chi connectivity index (χ1n) is 6.63. The number of hydrogen-bond donors (Lipinski definition) is 1. The lowest BCUT2D eigenvalue weighted by Crippen LogP contribution is -2.40. The first kappa shape index (κ1) is 14.5. The quantitative estimate of drug-likeness (QED) is 0.674. The van der Waals surface area contributed by atoms with Crippen molar-refractivity contribution >= 4 is 11.6 Å². The van der Waals surface area contributed by atoms with Crippen LogP contribution in [0.4, 0.5) is 5.69 Å². The lowest BCUT2D eigenvalue weighted by Gasteiger charge is -2.25. The fourth-order valence-corrected chi connectivity index (χ4v) is 2.77. The molecule has 1 N–H and O–H groups in total. The van der Waals surface area contributed by atoms with Gasteiger partial charge in [-0.3, -0.25) is 14.9 Å². The molecule has 0 radical (unpaired) electrons. The van der Waals surface area contributed by atoms with Crippen LogP contribution in [0, 0.1) is 23.0 Å². The Labute approximate surface area is 117 Å². The van der Waals surface area contributed by atoms with Crippen LogP contribution in [0.1, 0.15) is 29.3 Å². The standard InChI is InChI=1S/C14H18N2O4/c1-9-6-7-15(12(9)8-17)14(18)11-5-3-4-10(2)13(11)16(19)20/h3-5,9,12,17H,6-8H2,1-2H3. The zero-order valence-electron chi connectivity index (χ0n) is 11.6. The van der Waals surface area contributed by atoms with Crippen molar-refractivity contribution in [1.82, 2.24) is 4.90 Å². The van der Waals surface area contributed by atoms with Gasteiger partial charge in [0.1, 0.15) is 5.56 Å². The third-order valence-electron chi connectivity index (χ3n) is 3.98. The predicted molar refractivity (Wildman–Crippen MR) is 73.5 cm³/mol. The van der Waals surface area contributed by atoms with Crippen molar-refractivity contribution in [2.45, 2.75) is 26.3 Å². The molecule has 20 heavy (non-hydrogen) atoms. The summed E-state index contributed by atoms with van der Waals surface area (Å²) in [5.74, 6) is -0.170.